The van der Waals surface area contributed by atoms with Gasteiger partial charge in [-0.05, 0) is 54.3 Å². The molecule has 1 aromatic carbocycles. The van der Waals surface area contributed by atoms with Crippen LogP contribution in [0, 0.1) is 23.4 Å². The first-order valence-electron chi connectivity index (χ1n) is 5.07. The van der Waals surface area contributed by atoms with E-state index in [4.69, 9.17) is 0 Å². The number of aryl methyl sites for hydroxylation is 1. The lowest BCUT2D eigenvalue weighted by molar-refractivity contribution is -0.0328. The molecular weight excluding hydrogens is 395 g/mol. The standard InChI is InChI=1S/C11H7F4IN2S/c1-4-7(19-11(13,14)15)3-6-9(8(4)12)17-5(2)18-10(6)16/h3H,1-2H3. The minimum atomic E-state index is -4.46. The van der Waals surface area contributed by atoms with Gasteiger partial charge in [0.25, 0.3) is 0 Å². The maximum Gasteiger partial charge on any atom is 0.446 e. The zero-order valence-electron chi connectivity index (χ0n) is 9.77. The summed E-state index contributed by atoms with van der Waals surface area (Å²) in [4.78, 5) is 7.82. The maximum atomic E-state index is 14.1. The first-order chi connectivity index (χ1) is 8.69. The van der Waals surface area contributed by atoms with Gasteiger partial charge in [-0.25, -0.2) is 14.4 Å². The third-order valence-corrected chi connectivity index (χ3v) is 4.12. The molecule has 8 heteroatoms. The van der Waals surface area contributed by atoms with Crippen LogP contribution in [-0.4, -0.2) is 15.5 Å². The summed E-state index contributed by atoms with van der Waals surface area (Å²) in [6.07, 6.45) is 0. The molecule has 2 nitrogen and oxygen atoms in total. The summed E-state index contributed by atoms with van der Waals surface area (Å²) in [6, 6.07) is 1.28. The minimum absolute atomic E-state index is 0.0521. The van der Waals surface area contributed by atoms with Crippen LogP contribution >= 0.6 is 34.4 Å². The summed E-state index contributed by atoms with van der Waals surface area (Å²) < 4.78 is 51.8. The van der Waals surface area contributed by atoms with Gasteiger partial charge in [0.15, 0.2) is 5.82 Å². The van der Waals surface area contributed by atoms with Gasteiger partial charge < -0.3 is 0 Å². The Labute approximate surface area is 124 Å². The highest BCUT2D eigenvalue weighted by molar-refractivity contribution is 14.1. The fourth-order valence-electron chi connectivity index (χ4n) is 1.60. The Kier molecular flexibility index (Phi) is 3.92. The van der Waals surface area contributed by atoms with Crippen molar-refractivity contribution in [1.29, 1.82) is 0 Å². The molecule has 0 aliphatic carbocycles. The van der Waals surface area contributed by atoms with Crippen molar-refractivity contribution < 1.29 is 17.6 Å². The Morgan fingerprint density at radius 2 is 1.84 bits per heavy atom. The number of nitrogens with zero attached hydrogens (tertiary/aromatic N) is 2. The molecule has 0 aliphatic rings. The smallest absolute Gasteiger partial charge is 0.230 e. The average Bonchev–Trinajstić information content (AvgIpc) is 2.25. The molecule has 0 saturated carbocycles. The van der Waals surface area contributed by atoms with Crippen LogP contribution in [0.3, 0.4) is 0 Å². The number of thioether (sulfide) groups is 1. The number of benzene rings is 1. The molecular formula is C11H7F4IN2S. The molecule has 0 fully saturated rings. The second-order valence-electron chi connectivity index (χ2n) is 3.82. The van der Waals surface area contributed by atoms with Crippen LogP contribution in [0.15, 0.2) is 11.0 Å². The molecule has 0 atom stereocenters. The highest BCUT2D eigenvalue weighted by Gasteiger charge is 2.31. The molecule has 0 radical (unpaired) electrons. The molecule has 19 heavy (non-hydrogen) atoms. The van der Waals surface area contributed by atoms with E-state index in [9.17, 15) is 17.6 Å². The number of hydrogen-bond acceptors (Lipinski definition) is 3. The number of hydrogen-bond donors (Lipinski definition) is 0. The first kappa shape index (κ1) is 14.8. The quantitative estimate of drug-likeness (QED) is 0.302. The van der Waals surface area contributed by atoms with E-state index in [1.165, 1.54) is 13.0 Å². The zero-order valence-corrected chi connectivity index (χ0v) is 12.7. The summed E-state index contributed by atoms with van der Waals surface area (Å²) in [7, 11) is 0. The lowest BCUT2D eigenvalue weighted by atomic mass is 10.1. The van der Waals surface area contributed by atoms with E-state index in [2.05, 4.69) is 9.97 Å². The fraction of sp³-hybridized carbons (Fsp3) is 0.273. The van der Waals surface area contributed by atoms with Gasteiger partial charge in [-0.2, -0.15) is 13.2 Å². The van der Waals surface area contributed by atoms with E-state index in [0.29, 0.717) is 14.9 Å². The number of halogens is 5. The third kappa shape index (κ3) is 3.10. The van der Waals surface area contributed by atoms with Crippen molar-refractivity contribution in [1.82, 2.24) is 9.97 Å². The van der Waals surface area contributed by atoms with E-state index in [-0.39, 0.29) is 27.7 Å². The van der Waals surface area contributed by atoms with Crippen LogP contribution in [-0.2, 0) is 0 Å². The van der Waals surface area contributed by atoms with E-state index in [1.807, 2.05) is 22.6 Å². The number of fused-ring (bicyclic) bond motifs is 1. The van der Waals surface area contributed by atoms with Gasteiger partial charge in [0, 0.05) is 15.8 Å². The van der Waals surface area contributed by atoms with Crippen molar-refractivity contribution in [2.45, 2.75) is 24.3 Å². The van der Waals surface area contributed by atoms with Gasteiger partial charge in [0.2, 0.25) is 0 Å². The third-order valence-electron chi connectivity index (χ3n) is 2.42. The Bertz CT molecular complexity index is 657. The second kappa shape index (κ2) is 5.04. The summed E-state index contributed by atoms with van der Waals surface area (Å²) >= 11 is 1.53. The monoisotopic (exact) mass is 402 g/mol. The second-order valence-corrected chi connectivity index (χ2v) is 5.95. The lowest BCUT2D eigenvalue weighted by Gasteiger charge is -2.12. The SMILES string of the molecule is Cc1nc(I)c2cc(SC(F)(F)F)c(C)c(F)c2n1. The van der Waals surface area contributed by atoms with E-state index in [1.54, 1.807) is 6.92 Å². The topological polar surface area (TPSA) is 25.8 Å². The predicted octanol–water partition coefficient (Wildman–Crippen LogP) is 4.60. The highest BCUT2D eigenvalue weighted by atomic mass is 127. The van der Waals surface area contributed by atoms with E-state index in [0.717, 1.165) is 0 Å². The molecule has 2 rings (SSSR count). The van der Waals surface area contributed by atoms with Gasteiger partial charge in [-0.1, -0.05) is 0 Å². The van der Waals surface area contributed by atoms with Gasteiger partial charge in [0.05, 0.1) is 0 Å². The van der Waals surface area contributed by atoms with Crippen molar-refractivity contribution in [3.8, 4) is 0 Å². The molecule has 0 saturated heterocycles. The highest BCUT2D eigenvalue weighted by Crippen LogP contribution is 2.41. The number of aromatic nitrogens is 2. The van der Waals surface area contributed by atoms with Gasteiger partial charge >= 0.3 is 5.51 Å². The zero-order chi connectivity index (χ0) is 14.4. The van der Waals surface area contributed by atoms with E-state index < -0.39 is 11.3 Å². The number of alkyl halides is 3. The Balaban J connectivity index is 2.73. The van der Waals surface area contributed by atoms with E-state index >= 15 is 0 Å². The van der Waals surface area contributed by atoms with Crippen LogP contribution < -0.4 is 0 Å². The first-order valence-corrected chi connectivity index (χ1v) is 6.97. The summed E-state index contributed by atoms with van der Waals surface area (Å²) in [6.45, 7) is 2.92. The normalized spacial score (nSPS) is 12.2. The minimum Gasteiger partial charge on any atom is -0.230 e. The van der Waals surface area contributed by atoms with Crippen LogP contribution in [0.1, 0.15) is 11.4 Å². The molecule has 0 aliphatic heterocycles. The summed E-state index contributed by atoms with van der Waals surface area (Å²) in [5, 5.41) is 0.293. The van der Waals surface area contributed by atoms with Crippen molar-refractivity contribution in [2.75, 3.05) is 0 Å². The van der Waals surface area contributed by atoms with Crippen molar-refractivity contribution in [3.05, 3.63) is 27.0 Å². The molecule has 0 N–H and O–H groups in total. The average molecular weight is 402 g/mol. The van der Waals surface area contributed by atoms with Crippen LogP contribution in [0.5, 0.6) is 0 Å². The maximum absolute atomic E-state index is 14.1. The fourth-order valence-corrected chi connectivity index (χ4v) is 3.03. The van der Waals surface area contributed by atoms with Gasteiger partial charge in [-0.15, -0.1) is 0 Å². The van der Waals surface area contributed by atoms with Crippen LogP contribution in [0.2, 0.25) is 0 Å². The van der Waals surface area contributed by atoms with Crippen molar-refractivity contribution >= 4 is 45.3 Å². The molecule has 0 spiro atoms. The Morgan fingerprint density at radius 1 is 1.21 bits per heavy atom. The molecule has 102 valence electrons. The largest absolute Gasteiger partial charge is 0.446 e. The molecule has 1 aromatic heterocycles. The molecule has 0 unspecified atom stereocenters. The molecule has 0 amide bonds. The van der Waals surface area contributed by atoms with Crippen molar-refractivity contribution in [2.24, 2.45) is 0 Å². The molecule has 1 heterocycles. The molecule has 2 aromatic rings. The van der Waals surface area contributed by atoms with Crippen molar-refractivity contribution in [3.63, 3.8) is 0 Å². The van der Waals surface area contributed by atoms with Crippen LogP contribution in [0.25, 0.3) is 10.9 Å². The molecule has 0 bridgehead atoms. The Hall–Kier alpha value is -0.640. The summed E-state index contributed by atoms with van der Waals surface area (Å²) in [5.74, 6) is -0.348. The Morgan fingerprint density at radius 3 is 2.42 bits per heavy atom. The van der Waals surface area contributed by atoms with Gasteiger partial charge in [-0.3, -0.25) is 0 Å². The summed E-state index contributed by atoms with van der Waals surface area (Å²) in [5.41, 5.74) is -4.45. The van der Waals surface area contributed by atoms with Crippen LogP contribution in [0.4, 0.5) is 17.6 Å². The number of rotatable bonds is 1. The lowest BCUT2D eigenvalue weighted by Crippen LogP contribution is -2.03. The predicted molar refractivity (Wildman–Crippen MR) is 73.6 cm³/mol. The van der Waals surface area contributed by atoms with Gasteiger partial charge in [0.1, 0.15) is 15.0 Å².